The normalized spacial score (nSPS) is 11.0. The van der Waals surface area contributed by atoms with Crippen LogP contribution in [0.3, 0.4) is 0 Å². The van der Waals surface area contributed by atoms with Crippen molar-refractivity contribution in [3.05, 3.63) is 65.5 Å². The van der Waals surface area contributed by atoms with Gasteiger partial charge in [0.1, 0.15) is 6.33 Å². The van der Waals surface area contributed by atoms with Crippen LogP contribution in [0.4, 0.5) is 5.69 Å². The van der Waals surface area contributed by atoms with Crippen molar-refractivity contribution in [3.63, 3.8) is 0 Å². The largest absolute Gasteiger partial charge is 0.325 e. The molecule has 27 heavy (non-hydrogen) atoms. The molecule has 0 aliphatic rings. The van der Waals surface area contributed by atoms with E-state index in [0.717, 1.165) is 22.5 Å². The van der Waals surface area contributed by atoms with E-state index in [4.69, 9.17) is 0 Å². The second-order valence-electron chi connectivity index (χ2n) is 6.85. The smallest absolute Gasteiger partial charge is 0.234 e. The Bertz CT molecular complexity index is 949. The van der Waals surface area contributed by atoms with Crippen molar-refractivity contribution in [2.75, 3.05) is 11.1 Å². The molecule has 3 aromatic rings. The highest BCUT2D eigenvalue weighted by molar-refractivity contribution is 7.99. The van der Waals surface area contributed by atoms with E-state index in [-0.39, 0.29) is 11.7 Å². The predicted octanol–water partition coefficient (Wildman–Crippen LogP) is 4.74. The van der Waals surface area contributed by atoms with Crippen LogP contribution >= 0.6 is 11.8 Å². The van der Waals surface area contributed by atoms with Gasteiger partial charge in [-0.3, -0.25) is 9.36 Å². The number of thioether (sulfide) groups is 1. The fraction of sp³-hybridized carbons (Fsp3) is 0.286. The second kappa shape index (κ2) is 8.39. The summed E-state index contributed by atoms with van der Waals surface area (Å²) >= 11 is 1.38. The van der Waals surface area contributed by atoms with Crippen molar-refractivity contribution < 1.29 is 4.79 Å². The van der Waals surface area contributed by atoms with Crippen LogP contribution in [0.25, 0.3) is 5.69 Å². The molecule has 0 bridgehead atoms. The zero-order chi connectivity index (χ0) is 19.4. The summed E-state index contributed by atoms with van der Waals surface area (Å²) < 4.78 is 1.93. The van der Waals surface area contributed by atoms with Gasteiger partial charge in [0.2, 0.25) is 5.91 Å². The predicted molar refractivity (Wildman–Crippen MR) is 111 cm³/mol. The number of benzene rings is 2. The number of anilines is 1. The first-order chi connectivity index (χ1) is 13.0. The van der Waals surface area contributed by atoms with Crippen molar-refractivity contribution in [2.24, 2.45) is 0 Å². The highest BCUT2D eigenvalue weighted by Gasteiger charge is 2.13. The van der Waals surface area contributed by atoms with Crippen molar-refractivity contribution in [1.82, 2.24) is 14.8 Å². The molecule has 0 unspecified atom stereocenters. The van der Waals surface area contributed by atoms with Gasteiger partial charge >= 0.3 is 0 Å². The summed E-state index contributed by atoms with van der Waals surface area (Å²) in [4.78, 5) is 12.5. The molecule has 0 aliphatic carbocycles. The number of nitrogens with zero attached hydrogens (tertiary/aromatic N) is 3. The molecule has 0 saturated carbocycles. The van der Waals surface area contributed by atoms with Gasteiger partial charge < -0.3 is 5.32 Å². The first-order valence-corrected chi connectivity index (χ1v) is 9.93. The number of hydrogen-bond acceptors (Lipinski definition) is 4. The van der Waals surface area contributed by atoms with E-state index >= 15 is 0 Å². The highest BCUT2D eigenvalue weighted by atomic mass is 32.2. The summed E-state index contributed by atoms with van der Waals surface area (Å²) in [5.41, 5.74) is 5.38. The Morgan fingerprint density at radius 1 is 1.19 bits per heavy atom. The Labute approximate surface area is 164 Å². The van der Waals surface area contributed by atoms with Gasteiger partial charge in [-0.25, -0.2) is 0 Å². The number of amides is 1. The van der Waals surface area contributed by atoms with Crippen LogP contribution in [-0.4, -0.2) is 26.4 Å². The van der Waals surface area contributed by atoms with Crippen molar-refractivity contribution >= 4 is 23.4 Å². The standard InChI is InChI=1S/C21H24N4OS/c1-14(2)17-7-5-6-8-18(17)23-20(26)12-27-21-24-22-13-25(21)19-10-9-15(3)11-16(19)4/h5-11,13-14H,12H2,1-4H3,(H,23,26). The SMILES string of the molecule is Cc1ccc(-n2cnnc2SCC(=O)Nc2ccccc2C(C)C)c(C)c1. The van der Waals surface area contributed by atoms with Crippen molar-refractivity contribution in [3.8, 4) is 5.69 Å². The zero-order valence-corrected chi connectivity index (χ0v) is 16.9. The molecule has 0 atom stereocenters. The van der Waals surface area contributed by atoms with Gasteiger partial charge in [-0.2, -0.15) is 0 Å². The maximum atomic E-state index is 12.5. The molecule has 1 amide bonds. The number of aromatic nitrogens is 3. The molecule has 0 saturated heterocycles. The number of para-hydroxylation sites is 1. The Kier molecular flexibility index (Phi) is 5.96. The molecule has 3 rings (SSSR count). The van der Waals surface area contributed by atoms with E-state index in [1.165, 1.54) is 17.3 Å². The third-order valence-corrected chi connectivity index (χ3v) is 5.26. The molecule has 0 spiro atoms. The summed E-state index contributed by atoms with van der Waals surface area (Å²) in [5.74, 6) is 0.570. The maximum Gasteiger partial charge on any atom is 0.234 e. The van der Waals surface area contributed by atoms with Gasteiger partial charge in [-0.1, -0.05) is 61.5 Å². The van der Waals surface area contributed by atoms with Crippen molar-refractivity contribution in [1.29, 1.82) is 0 Å². The minimum absolute atomic E-state index is 0.0525. The monoisotopic (exact) mass is 380 g/mol. The van der Waals surface area contributed by atoms with Gasteiger partial charge in [0.05, 0.1) is 11.4 Å². The lowest BCUT2D eigenvalue weighted by molar-refractivity contribution is -0.113. The van der Waals surface area contributed by atoms with Crippen LogP contribution in [0, 0.1) is 13.8 Å². The van der Waals surface area contributed by atoms with Gasteiger partial charge in [0.25, 0.3) is 0 Å². The minimum Gasteiger partial charge on any atom is -0.325 e. The Morgan fingerprint density at radius 3 is 2.70 bits per heavy atom. The third-order valence-electron chi connectivity index (χ3n) is 4.32. The molecule has 140 valence electrons. The van der Waals surface area contributed by atoms with E-state index in [2.05, 4.69) is 61.4 Å². The lowest BCUT2D eigenvalue weighted by Crippen LogP contribution is -2.16. The van der Waals surface area contributed by atoms with Crippen LogP contribution < -0.4 is 5.32 Å². The molecule has 0 fully saturated rings. The number of hydrogen-bond donors (Lipinski definition) is 1. The van der Waals surface area contributed by atoms with Crippen LogP contribution in [-0.2, 0) is 4.79 Å². The minimum atomic E-state index is -0.0525. The first-order valence-electron chi connectivity index (χ1n) is 8.95. The summed E-state index contributed by atoms with van der Waals surface area (Å²) in [7, 11) is 0. The van der Waals surface area contributed by atoms with Gasteiger partial charge in [-0.15, -0.1) is 10.2 Å². The molecule has 1 aromatic heterocycles. The summed E-state index contributed by atoms with van der Waals surface area (Å²) in [6, 6.07) is 14.2. The average molecular weight is 381 g/mol. The number of nitrogens with one attached hydrogen (secondary N) is 1. The van der Waals surface area contributed by atoms with Gasteiger partial charge in [-0.05, 0) is 43.0 Å². The van der Waals surface area contributed by atoms with Crippen molar-refractivity contribution in [2.45, 2.75) is 38.8 Å². The highest BCUT2D eigenvalue weighted by Crippen LogP contribution is 2.25. The Hall–Kier alpha value is -2.60. The van der Waals surface area contributed by atoms with Crippen LogP contribution in [0.1, 0.15) is 36.5 Å². The van der Waals surface area contributed by atoms with Gasteiger partial charge in [0.15, 0.2) is 5.16 Å². The molecule has 1 N–H and O–H groups in total. The van der Waals surface area contributed by atoms with Crippen LogP contribution in [0.15, 0.2) is 53.9 Å². The van der Waals surface area contributed by atoms with E-state index in [1.54, 1.807) is 6.33 Å². The van der Waals surface area contributed by atoms with E-state index in [1.807, 2.05) is 28.8 Å². The number of carbonyl (C=O) groups excluding carboxylic acids is 1. The fourth-order valence-corrected chi connectivity index (χ4v) is 3.72. The van der Waals surface area contributed by atoms with E-state index < -0.39 is 0 Å². The molecular formula is C21H24N4OS. The van der Waals surface area contributed by atoms with Crippen LogP contribution in [0.2, 0.25) is 0 Å². The fourth-order valence-electron chi connectivity index (χ4n) is 2.99. The topological polar surface area (TPSA) is 59.8 Å². The zero-order valence-electron chi connectivity index (χ0n) is 16.1. The summed E-state index contributed by atoms with van der Waals surface area (Å²) in [6.07, 6.45) is 1.69. The number of carbonyl (C=O) groups is 1. The molecule has 6 heteroatoms. The maximum absolute atomic E-state index is 12.5. The lowest BCUT2D eigenvalue weighted by Gasteiger charge is -2.13. The lowest BCUT2D eigenvalue weighted by atomic mass is 10.0. The molecule has 0 radical (unpaired) electrons. The summed E-state index contributed by atoms with van der Waals surface area (Å²) in [6.45, 7) is 8.36. The van der Waals surface area contributed by atoms with E-state index in [9.17, 15) is 4.79 Å². The number of rotatable bonds is 6. The van der Waals surface area contributed by atoms with Gasteiger partial charge in [0, 0.05) is 5.69 Å². The summed E-state index contributed by atoms with van der Waals surface area (Å²) in [5, 5.41) is 11.9. The van der Waals surface area contributed by atoms with Crippen LogP contribution in [0.5, 0.6) is 0 Å². The molecule has 1 heterocycles. The average Bonchev–Trinajstić information content (AvgIpc) is 3.08. The Balaban J connectivity index is 1.70. The Morgan fingerprint density at radius 2 is 1.96 bits per heavy atom. The molecule has 0 aliphatic heterocycles. The first kappa shape index (κ1) is 19.2. The molecular weight excluding hydrogens is 356 g/mol. The van der Waals surface area contributed by atoms with E-state index in [0.29, 0.717) is 11.1 Å². The third kappa shape index (κ3) is 4.57. The molecule has 2 aromatic carbocycles. The quantitative estimate of drug-likeness (QED) is 0.628. The molecule has 5 nitrogen and oxygen atoms in total. The second-order valence-corrected chi connectivity index (χ2v) is 7.79. The number of aryl methyl sites for hydroxylation is 2.